The lowest BCUT2D eigenvalue weighted by Crippen LogP contribution is -2.41. The molecule has 5 heteroatoms. The zero-order chi connectivity index (χ0) is 12.6. The molecule has 1 saturated carbocycles. The van der Waals surface area contributed by atoms with Gasteiger partial charge in [0.05, 0.1) is 4.90 Å². The third-order valence-electron chi connectivity index (χ3n) is 3.51. The average molecular weight is 254 g/mol. The summed E-state index contributed by atoms with van der Waals surface area (Å²) in [5, 5.41) is 0. The molecule has 0 bridgehead atoms. The van der Waals surface area contributed by atoms with E-state index in [1.807, 2.05) is 6.92 Å². The van der Waals surface area contributed by atoms with Gasteiger partial charge in [0.25, 0.3) is 0 Å². The Morgan fingerprint density at radius 2 is 2.00 bits per heavy atom. The molecule has 17 heavy (non-hydrogen) atoms. The molecule has 2 N–H and O–H groups in total. The lowest BCUT2D eigenvalue weighted by atomic mass is 9.94. The van der Waals surface area contributed by atoms with Crippen LogP contribution in [0.3, 0.4) is 0 Å². The summed E-state index contributed by atoms with van der Waals surface area (Å²) in [5.41, 5.74) is 7.12. The monoisotopic (exact) mass is 254 g/mol. The molecule has 4 nitrogen and oxygen atoms in total. The average Bonchev–Trinajstić information content (AvgIpc) is 2.19. The zero-order valence-corrected chi connectivity index (χ0v) is 11.0. The number of hydrogen-bond donors (Lipinski definition) is 1. The van der Waals surface area contributed by atoms with Gasteiger partial charge >= 0.3 is 0 Å². The minimum absolute atomic E-state index is 0.165. The Bertz CT molecular complexity index is 521. The SMILES string of the molecule is Cc1cc(S(=O)(=O)N(C)C2CCC2)ccc1N. The minimum atomic E-state index is -3.36. The predicted molar refractivity (Wildman–Crippen MR) is 68.2 cm³/mol. The first-order valence-corrected chi connectivity index (χ1v) is 7.21. The standard InChI is InChI=1S/C12H18N2O2S/c1-9-8-11(6-7-12(9)13)17(15,16)14(2)10-4-3-5-10/h6-8,10H,3-5,13H2,1-2H3. The maximum absolute atomic E-state index is 12.3. The maximum atomic E-state index is 12.3. The number of aryl methyl sites for hydroxylation is 1. The van der Waals surface area contributed by atoms with Crippen LogP contribution in [0.15, 0.2) is 23.1 Å². The van der Waals surface area contributed by atoms with Gasteiger partial charge in [-0.3, -0.25) is 0 Å². The molecule has 0 amide bonds. The molecule has 94 valence electrons. The van der Waals surface area contributed by atoms with Gasteiger partial charge in [-0.05, 0) is 43.5 Å². The fourth-order valence-electron chi connectivity index (χ4n) is 1.92. The van der Waals surface area contributed by atoms with Crippen molar-refractivity contribution in [2.45, 2.75) is 37.1 Å². The van der Waals surface area contributed by atoms with E-state index >= 15 is 0 Å². The second-order valence-electron chi connectivity index (χ2n) is 4.62. The molecule has 0 saturated heterocycles. The molecule has 0 heterocycles. The highest BCUT2D eigenvalue weighted by atomic mass is 32.2. The quantitative estimate of drug-likeness (QED) is 0.836. The Labute approximate surface area is 102 Å². The smallest absolute Gasteiger partial charge is 0.243 e. The van der Waals surface area contributed by atoms with Crippen LogP contribution in [0.5, 0.6) is 0 Å². The summed E-state index contributed by atoms with van der Waals surface area (Å²) in [6, 6.07) is 5.03. The fourth-order valence-corrected chi connectivity index (χ4v) is 3.42. The van der Waals surface area contributed by atoms with Gasteiger partial charge in [-0.1, -0.05) is 6.42 Å². The molecule has 1 fully saturated rings. The minimum Gasteiger partial charge on any atom is -0.399 e. The van der Waals surface area contributed by atoms with Crippen LogP contribution in [0, 0.1) is 6.92 Å². The van der Waals surface area contributed by atoms with Crippen LogP contribution < -0.4 is 5.73 Å². The third-order valence-corrected chi connectivity index (χ3v) is 5.41. The van der Waals surface area contributed by atoms with Crippen LogP contribution >= 0.6 is 0 Å². The third kappa shape index (κ3) is 2.17. The Kier molecular flexibility index (Phi) is 3.14. The zero-order valence-electron chi connectivity index (χ0n) is 10.2. The van der Waals surface area contributed by atoms with Crippen LogP contribution in [-0.4, -0.2) is 25.8 Å². The molecular weight excluding hydrogens is 236 g/mol. The molecule has 0 aliphatic heterocycles. The topological polar surface area (TPSA) is 63.4 Å². The second-order valence-corrected chi connectivity index (χ2v) is 6.62. The van der Waals surface area contributed by atoms with E-state index in [9.17, 15) is 8.42 Å². The lowest BCUT2D eigenvalue weighted by Gasteiger charge is -2.33. The molecule has 0 aromatic heterocycles. The van der Waals surface area contributed by atoms with Crippen molar-refractivity contribution in [3.05, 3.63) is 23.8 Å². The van der Waals surface area contributed by atoms with E-state index in [2.05, 4.69) is 0 Å². The lowest BCUT2D eigenvalue weighted by molar-refractivity contribution is 0.249. The van der Waals surface area contributed by atoms with Gasteiger partial charge in [-0.15, -0.1) is 0 Å². The number of nitrogen functional groups attached to an aromatic ring is 1. The van der Waals surface area contributed by atoms with Crippen molar-refractivity contribution < 1.29 is 8.42 Å². The van der Waals surface area contributed by atoms with Crippen LogP contribution in [0.1, 0.15) is 24.8 Å². The largest absolute Gasteiger partial charge is 0.399 e. The van der Waals surface area contributed by atoms with E-state index in [0.29, 0.717) is 10.6 Å². The van der Waals surface area contributed by atoms with E-state index in [1.165, 1.54) is 4.31 Å². The summed E-state index contributed by atoms with van der Waals surface area (Å²) in [5.74, 6) is 0. The summed E-state index contributed by atoms with van der Waals surface area (Å²) in [4.78, 5) is 0.332. The molecule has 2 rings (SSSR count). The summed E-state index contributed by atoms with van der Waals surface area (Å²) in [6.45, 7) is 1.82. The molecule has 1 aliphatic rings. The number of sulfonamides is 1. The van der Waals surface area contributed by atoms with E-state index in [1.54, 1.807) is 25.2 Å². The van der Waals surface area contributed by atoms with E-state index in [0.717, 1.165) is 24.8 Å². The first-order valence-electron chi connectivity index (χ1n) is 5.77. The number of hydrogen-bond acceptors (Lipinski definition) is 3. The van der Waals surface area contributed by atoms with Gasteiger partial charge in [0.15, 0.2) is 0 Å². The van der Waals surface area contributed by atoms with Gasteiger partial charge in [0, 0.05) is 18.8 Å². The number of benzene rings is 1. The summed E-state index contributed by atoms with van der Waals surface area (Å²) in [7, 11) is -1.70. The van der Waals surface area contributed by atoms with Gasteiger partial charge in [0.1, 0.15) is 0 Å². The van der Waals surface area contributed by atoms with Crippen molar-refractivity contribution >= 4 is 15.7 Å². The number of nitrogens with two attached hydrogens (primary N) is 1. The second kappa shape index (κ2) is 4.31. The van der Waals surface area contributed by atoms with Crippen molar-refractivity contribution in [3.63, 3.8) is 0 Å². The van der Waals surface area contributed by atoms with Gasteiger partial charge in [-0.25, -0.2) is 8.42 Å². The van der Waals surface area contributed by atoms with E-state index in [-0.39, 0.29) is 6.04 Å². The summed E-state index contributed by atoms with van der Waals surface area (Å²) in [6.07, 6.45) is 3.04. The molecule has 0 unspecified atom stereocenters. The molecule has 1 aromatic rings. The van der Waals surface area contributed by atoms with Crippen LogP contribution in [0.2, 0.25) is 0 Å². The number of nitrogens with zero attached hydrogens (tertiary/aromatic N) is 1. The van der Waals surface area contributed by atoms with Crippen molar-refractivity contribution in [1.29, 1.82) is 0 Å². The van der Waals surface area contributed by atoms with Crippen molar-refractivity contribution in [2.75, 3.05) is 12.8 Å². The molecular formula is C12H18N2O2S. The maximum Gasteiger partial charge on any atom is 0.243 e. The highest BCUT2D eigenvalue weighted by molar-refractivity contribution is 7.89. The van der Waals surface area contributed by atoms with Crippen LogP contribution in [0.4, 0.5) is 5.69 Å². The number of rotatable bonds is 3. The Balaban J connectivity index is 2.33. The molecule has 0 atom stereocenters. The molecule has 1 aliphatic carbocycles. The van der Waals surface area contributed by atoms with Gasteiger partial charge in [-0.2, -0.15) is 4.31 Å². The highest BCUT2D eigenvalue weighted by Crippen LogP contribution is 2.29. The van der Waals surface area contributed by atoms with Crippen molar-refractivity contribution in [2.24, 2.45) is 0 Å². The van der Waals surface area contributed by atoms with Crippen LogP contribution in [0.25, 0.3) is 0 Å². The van der Waals surface area contributed by atoms with E-state index in [4.69, 9.17) is 5.73 Å². The normalized spacial score (nSPS) is 17.1. The molecule has 0 radical (unpaired) electrons. The highest BCUT2D eigenvalue weighted by Gasteiger charge is 2.31. The van der Waals surface area contributed by atoms with Crippen LogP contribution in [-0.2, 0) is 10.0 Å². The number of anilines is 1. The molecule has 0 spiro atoms. The van der Waals surface area contributed by atoms with Crippen molar-refractivity contribution in [3.8, 4) is 0 Å². The Hall–Kier alpha value is -1.07. The molecule has 1 aromatic carbocycles. The van der Waals surface area contributed by atoms with Gasteiger partial charge < -0.3 is 5.73 Å². The summed E-state index contributed by atoms with van der Waals surface area (Å²) < 4.78 is 26.1. The Morgan fingerprint density at radius 3 is 2.47 bits per heavy atom. The Morgan fingerprint density at radius 1 is 1.35 bits per heavy atom. The summed E-state index contributed by atoms with van der Waals surface area (Å²) >= 11 is 0. The van der Waals surface area contributed by atoms with Crippen molar-refractivity contribution in [1.82, 2.24) is 4.31 Å². The fraction of sp³-hybridized carbons (Fsp3) is 0.500. The predicted octanol–water partition coefficient (Wildman–Crippen LogP) is 1.75. The van der Waals surface area contributed by atoms with E-state index < -0.39 is 10.0 Å². The first-order chi connectivity index (χ1) is 7.93. The first kappa shape index (κ1) is 12.4. The van der Waals surface area contributed by atoms with Gasteiger partial charge in [0.2, 0.25) is 10.0 Å².